The van der Waals surface area contributed by atoms with E-state index in [0.29, 0.717) is 54.6 Å². The summed E-state index contributed by atoms with van der Waals surface area (Å²) in [6, 6.07) is 12.6. The number of imidazole rings is 1. The van der Waals surface area contributed by atoms with E-state index in [4.69, 9.17) is 4.74 Å². The largest absolute Gasteiger partial charge is 0.378 e. The molecule has 4 heterocycles. The first-order valence-corrected chi connectivity index (χ1v) is 9.88. The van der Waals surface area contributed by atoms with E-state index in [0.717, 1.165) is 5.56 Å². The lowest BCUT2D eigenvalue weighted by atomic mass is 10.2. The van der Waals surface area contributed by atoms with Crippen molar-refractivity contribution in [2.45, 2.75) is 0 Å². The lowest BCUT2D eigenvalue weighted by Crippen LogP contribution is -2.37. The number of nitrogens with zero attached hydrogens (tertiary/aromatic N) is 5. The Morgan fingerprint density at radius 1 is 1.13 bits per heavy atom. The van der Waals surface area contributed by atoms with Crippen LogP contribution in [0.25, 0.3) is 16.9 Å². The van der Waals surface area contributed by atoms with Crippen molar-refractivity contribution < 1.29 is 13.9 Å². The van der Waals surface area contributed by atoms with Gasteiger partial charge < -0.3 is 15.0 Å². The standard InChI is InChI=1S/C22H19FN6O2/c23-20-12-19(28-8-10-31-11-9-28)17(13-24-20)27-22(30)16-6-7-25-29-14-18(26-21(16)29)15-4-2-1-3-5-15/h1-7,12-14H,8-11H2,(H,27,30). The topological polar surface area (TPSA) is 84.7 Å². The van der Waals surface area contributed by atoms with E-state index in [2.05, 4.69) is 20.4 Å². The third-order valence-corrected chi connectivity index (χ3v) is 5.12. The van der Waals surface area contributed by atoms with E-state index in [1.54, 1.807) is 23.0 Å². The molecule has 156 valence electrons. The maximum Gasteiger partial charge on any atom is 0.259 e. The zero-order valence-corrected chi connectivity index (χ0v) is 16.5. The first-order chi connectivity index (χ1) is 15.2. The molecular weight excluding hydrogens is 399 g/mol. The van der Waals surface area contributed by atoms with Crippen molar-refractivity contribution in [1.29, 1.82) is 0 Å². The van der Waals surface area contributed by atoms with Crippen molar-refractivity contribution in [3.63, 3.8) is 0 Å². The molecule has 4 aromatic rings. The molecule has 9 heteroatoms. The van der Waals surface area contributed by atoms with E-state index < -0.39 is 5.95 Å². The fraction of sp³-hybridized carbons (Fsp3) is 0.182. The Kier molecular flexibility index (Phi) is 5.01. The minimum absolute atomic E-state index is 0.356. The van der Waals surface area contributed by atoms with Gasteiger partial charge in [0.15, 0.2) is 5.65 Å². The highest BCUT2D eigenvalue weighted by Crippen LogP contribution is 2.28. The zero-order valence-electron chi connectivity index (χ0n) is 16.5. The number of hydrogen-bond acceptors (Lipinski definition) is 6. The van der Waals surface area contributed by atoms with Gasteiger partial charge >= 0.3 is 0 Å². The minimum Gasteiger partial charge on any atom is -0.378 e. The number of pyridine rings is 1. The fourth-order valence-corrected chi connectivity index (χ4v) is 3.59. The number of aromatic nitrogens is 4. The normalized spacial score (nSPS) is 14.0. The highest BCUT2D eigenvalue weighted by Gasteiger charge is 2.20. The van der Waals surface area contributed by atoms with E-state index in [-0.39, 0.29) is 5.91 Å². The third kappa shape index (κ3) is 3.82. The monoisotopic (exact) mass is 418 g/mol. The van der Waals surface area contributed by atoms with Gasteiger partial charge in [0.05, 0.1) is 48.2 Å². The van der Waals surface area contributed by atoms with Crippen molar-refractivity contribution >= 4 is 22.9 Å². The number of benzene rings is 1. The molecule has 1 aliphatic heterocycles. The van der Waals surface area contributed by atoms with Crippen LogP contribution in [0.2, 0.25) is 0 Å². The summed E-state index contributed by atoms with van der Waals surface area (Å²) in [6.07, 6.45) is 4.65. The van der Waals surface area contributed by atoms with E-state index in [1.165, 1.54) is 12.3 Å². The molecule has 8 nitrogen and oxygen atoms in total. The summed E-state index contributed by atoms with van der Waals surface area (Å²) in [4.78, 5) is 23.4. The fourth-order valence-electron chi connectivity index (χ4n) is 3.59. The summed E-state index contributed by atoms with van der Waals surface area (Å²) < 4.78 is 20.8. The van der Waals surface area contributed by atoms with Crippen LogP contribution in [0.15, 0.2) is 61.1 Å². The molecule has 31 heavy (non-hydrogen) atoms. The first kappa shape index (κ1) is 19.1. The molecule has 1 amide bonds. The van der Waals surface area contributed by atoms with Gasteiger partial charge in [0, 0.05) is 30.9 Å². The van der Waals surface area contributed by atoms with Gasteiger partial charge in [-0.15, -0.1) is 0 Å². The van der Waals surface area contributed by atoms with Crippen molar-refractivity contribution in [1.82, 2.24) is 19.6 Å². The second kappa shape index (κ2) is 8.11. The molecule has 0 bridgehead atoms. The quantitative estimate of drug-likeness (QED) is 0.513. The maximum absolute atomic E-state index is 13.8. The Labute approximate surface area is 177 Å². The molecule has 0 atom stereocenters. The van der Waals surface area contributed by atoms with E-state index in [9.17, 15) is 9.18 Å². The maximum atomic E-state index is 13.8. The van der Waals surface area contributed by atoms with Crippen LogP contribution < -0.4 is 10.2 Å². The van der Waals surface area contributed by atoms with Gasteiger partial charge in [0.1, 0.15) is 0 Å². The highest BCUT2D eigenvalue weighted by molar-refractivity contribution is 6.09. The van der Waals surface area contributed by atoms with E-state index in [1.807, 2.05) is 35.2 Å². The van der Waals surface area contributed by atoms with Crippen molar-refractivity contribution in [3.8, 4) is 11.3 Å². The molecule has 3 aromatic heterocycles. The van der Waals surface area contributed by atoms with E-state index >= 15 is 0 Å². The number of anilines is 2. The van der Waals surface area contributed by atoms with Gasteiger partial charge in [-0.2, -0.15) is 9.49 Å². The molecule has 1 fully saturated rings. The lowest BCUT2D eigenvalue weighted by Gasteiger charge is -2.30. The molecule has 0 radical (unpaired) electrons. The average molecular weight is 418 g/mol. The molecule has 0 spiro atoms. The molecule has 0 aliphatic carbocycles. The average Bonchev–Trinajstić information content (AvgIpc) is 3.26. The van der Waals surface area contributed by atoms with Crippen LogP contribution in [0.4, 0.5) is 15.8 Å². The summed E-state index contributed by atoms with van der Waals surface area (Å²) in [5.74, 6) is -0.980. The van der Waals surface area contributed by atoms with Gasteiger partial charge in [-0.05, 0) is 6.07 Å². The highest BCUT2D eigenvalue weighted by atomic mass is 19.1. The van der Waals surface area contributed by atoms with Crippen LogP contribution in [-0.2, 0) is 4.74 Å². The molecule has 0 saturated carbocycles. The van der Waals surface area contributed by atoms with Crippen LogP contribution in [-0.4, -0.2) is 51.8 Å². The molecule has 0 unspecified atom stereocenters. The number of carbonyl (C=O) groups is 1. The molecule has 5 rings (SSSR count). The summed E-state index contributed by atoms with van der Waals surface area (Å²) in [7, 11) is 0. The Hall–Kier alpha value is -3.85. The Bertz CT molecular complexity index is 1240. The van der Waals surface area contributed by atoms with Crippen molar-refractivity contribution in [2.24, 2.45) is 0 Å². The summed E-state index contributed by atoms with van der Waals surface area (Å²) in [5.41, 5.74) is 3.43. The molecule has 1 saturated heterocycles. The first-order valence-electron chi connectivity index (χ1n) is 9.88. The predicted molar refractivity (Wildman–Crippen MR) is 114 cm³/mol. The van der Waals surface area contributed by atoms with Gasteiger partial charge in [-0.25, -0.2) is 14.5 Å². The number of amides is 1. The predicted octanol–water partition coefficient (Wildman–Crippen LogP) is 3.02. The SMILES string of the molecule is O=C(Nc1cnc(F)cc1N1CCOCC1)c1ccnn2cc(-c3ccccc3)nc12. The smallest absolute Gasteiger partial charge is 0.259 e. The van der Waals surface area contributed by atoms with Crippen LogP contribution in [0.5, 0.6) is 0 Å². The van der Waals surface area contributed by atoms with Crippen molar-refractivity contribution in [3.05, 3.63) is 72.6 Å². The Morgan fingerprint density at radius 3 is 2.74 bits per heavy atom. The molecule has 1 aromatic carbocycles. The minimum atomic E-state index is -0.605. The number of nitrogens with one attached hydrogen (secondary N) is 1. The Balaban J connectivity index is 1.48. The molecule has 1 aliphatic rings. The van der Waals surface area contributed by atoms with Crippen LogP contribution in [0.3, 0.4) is 0 Å². The van der Waals surface area contributed by atoms with Crippen LogP contribution in [0.1, 0.15) is 10.4 Å². The number of morpholine rings is 1. The summed E-state index contributed by atoms with van der Waals surface area (Å²) in [5, 5.41) is 7.13. The number of ether oxygens (including phenoxy) is 1. The number of halogens is 1. The second-order valence-electron chi connectivity index (χ2n) is 7.08. The summed E-state index contributed by atoms with van der Waals surface area (Å²) >= 11 is 0. The summed E-state index contributed by atoms with van der Waals surface area (Å²) in [6.45, 7) is 2.29. The number of rotatable bonds is 4. The second-order valence-corrected chi connectivity index (χ2v) is 7.08. The van der Waals surface area contributed by atoms with Crippen LogP contribution >= 0.6 is 0 Å². The van der Waals surface area contributed by atoms with Crippen LogP contribution in [0, 0.1) is 5.95 Å². The lowest BCUT2D eigenvalue weighted by molar-refractivity contribution is 0.102. The Morgan fingerprint density at radius 2 is 1.94 bits per heavy atom. The van der Waals surface area contributed by atoms with Gasteiger partial charge in [0.2, 0.25) is 5.95 Å². The van der Waals surface area contributed by atoms with Gasteiger partial charge in [0.25, 0.3) is 5.91 Å². The number of fused-ring (bicyclic) bond motifs is 1. The molecule has 1 N–H and O–H groups in total. The number of hydrogen-bond donors (Lipinski definition) is 1. The zero-order chi connectivity index (χ0) is 21.2. The van der Waals surface area contributed by atoms with Gasteiger partial charge in [-0.3, -0.25) is 4.79 Å². The number of carbonyl (C=O) groups excluding carboxylic acids is 1. The van der Waals surface area contributed by atoms with Crippen molar-refractivity contribution in [2.75, 3.05) is 36.5 Å². The molecular formula is C22H19FN6O2. The van der Waals surface area contributed by atoms with Gasteiger partial charge in [-0.1, -0.05) is 30.3 Å². The third-order valence-electron chi connectivity index (χ3n) is 5.12.